The number of hydrogen-bond donors (Lipinski definition) is 4. The minimum atomic E-state index is -0.569. The van der Waals surface area contributed by atoms with Crippen LogP contribution in [0.4, 0.5) is 0 Å². The third kappa shape index (κ3) is 12.8. The lowest BCUT2D eigenvalue weighted by Crippen LogP contribution is -2.32. The van der Waals surface area contributed by atoms with Crippen LogP contribution in [0.5, 0.6) is 0 Å². The quantitative estimate of drug-likeness (QED) is 0.0759. The lowest BCUT2D eigenvalue weighted by atomic mass is 10.00. The molecule has 4 rings (SSSR count). The van der Waals surface area contributed by atoms with E-state index in [0.29, 0.717) is 23.1 Å². The zero-order valence-corrected chi connectivity index (χ0v) is 28.8. The second kappa shape index (κ2) is 19.2. The fourth-order valence-corrected chi connectivity index (χ4v) is 6.23. The Bertz CT molecular complexity index is 1330. The zero-order valence-electron chi connectivity index (χ0n) is 27.3. The molecule has 0 unspecified atom stereocenters. The number of halogens is 2. The number of aliphatic hydroxyl groups is 2. The van der Waals surface area contributed by atoms with Gasteiger partial charge in [0, 0.05) is 35.2 Å². The van der Waals surface area contributed by atoms with Gasteiger partial charge in [0.05, 0.1) is 12.2 Å². The van der Waals surface area contributed by atoms with E-state index in [0.717, 1.165) is 36.8 Å². The van der Waals surface area contributed by atoms with E-state index in [1.54, 1.807) is 0 Å². The summed E-state index contributed by atoms with van der Waals surface area (Å²) in [5.74, 6) is 0. The van der Waals surface area contributed by atoms with Crippen LogP contribution in [0.1, 0.15) is 85.1 Å². The summed E-state index contributed by atoms with van der Waals surface area (Å²) in [6.45, 7) is 5.32. The molecule has 0 aromatic heterocycles. The zero-order chi connectivity index (χ0) is 32.7. The van der Waals surface area contributed by atoms with Crippen LogP contribution in [-0.2, 0) is 25.7 Å². The topological polar surface area (TPSA) is 64.5 Å². The van der Waals surface area contributed by atoms with Crippen molar-refractivity contribution in [2.45, 2.75) is 89.5 Å². The lowest BCUT2D eigenvalue weighted by Gasteiger charge is -2.18. The summed E-state index contributed by atoms with van der Waals surface area (Å²) in [5.41, 5.74) is 7.10. The number of benzene rings is 4. The van der Waals surface area contributed by atoms with Crippen molar-refractivity contribution in [3.05, 3.63) is 140 Å². The molecular formula is C40H50Cl2N2O2. The maximum absolute atomic E-state index is 10.5. The van der Waals surface area contributed by atoms with Gasteiger partial charge < -0.3 is 20.8 Å². The third-order valence-corrected chi connectivity index (χ3v) is 9.07. The van der Waals surface area contributed by atoms with E-state index < -0.39 is 12.2 Å². The van der Waals surface area contributed by atoms with Crippen LogP contribution in [0, 0.1) is 0 Å². The van der Waals surface area contributed by atoms with Crippen molar-refractivity contribution >= 4 is 23.2 Å². The Labute approximate surface area is 286 Å². The Kier molecular flexibility index (Phi) is 15.1. The molecule has 46 heavy (non-hydrogen) atoms. The first-order valence-electron chi connectivity index (χ1n) is 16.7. The standard InChI is InChI=1S/C40H50Cl2N2O2/c1-29(43-27-39(45)35-11-7-13-37(41)25-35)23-33-19-15-31(16-20-33)9-5-3-4-6-10-32-17-21-34(22-18-32)24-30(2)44-28-40(46)36-12-8-14-38(42)26-36/h7-8,11-22,25-26,29-30,39-40,43-46H,3-6,9-10,23-24,27-28H2,1-2H3/t29-,30-,39+,40+/m1/s1. The molecule has 0 spiro atoms. The normalized spacial score (nSPS) is 14.1. The van der Waals surface area contributed by atoms with Crippen LogP contribution in [0.2, 0.25) is 10.0 Å². The molecule has 6 heteroatoms. The smallest absolute Gasteiger partial charge is 0.0914 e. The van der Waals surface area contributed by atoms with Crippen molar-refractivity contribution in [1.29, 1.82) is 0 Å². The summed E-state index contributed by atoms with van der Waals surface area (Å²) in [7, 11) is 0. The summed E-state index contributed by atoms with van der Waals surface area (Å²) < 4.78 is 0. The minimum absolute atomic E-state index is 0.266. The number of aryl methyl sites for hydroxylation is 2. The van der Waals surface area contributed by atoms with Crippen LogP contribution < -0.4 is 10.6 Å². The molecular weight excluding hydrogens is 611 g/mol. The van der Waals surface area contributed by atoms with Gasteiger partial charge in [-0.2, -0.15) is 0 Å². The van der Waals surface area contributed by atoms with Gasteiger partial charge in [0.1, 0.15) is 0 Å². The van der Waals surface area contributed by atoms with Gasteiger partial charge in [-0.25, -0.2) is 0 Å². The molecule has 4 N–H and O–H groups in total. The summed E-state index contributed by atoms with van der Waals surface area (Å²) in [6.07, 6.45) is 7.89. The molecule has 0 saturated carbocycles. The van der Waals surface area contributed by atoms with Crippen LogP contribution in [0.3, 0.4) is 0 Å². The summed E-state index contributed by atoms with van der Waals surface area (Å²) in [4.78, 5) is 0. The molecule has 0 aliphatic carbocycles. The Hall–Kier alpha value is -2.70. The van der Waals surface area contributed by atoms with Crippen molar-refractivity contribution < 1.29 is 10.2 Å². The fraction of sp³-hybridized carbons (Fsp3) is 0.400. The first-order chi connectivity index (χ1) is 22.2. The summed E-state index contributed by atoms with van der Waals surface area (Å²) in [6, 6.07) is 33.4. The first kappa shape index (κ1) is 36.1. The van der Waals surface area contributed by atoms with Crippen molar-refractivity contribution in [2.75, 3.05) is 13.1 Å². The van der Waals surface area contributed by atoms with E-state index in [9.17, 15) is 10.2 Å². The Morgan fingerprint density at radius 1 is 0.522 bits per heavy atom. The SMILES string of the molecule is C[C@H](Cc1ccc(CCCCCCc2ccc(C[C@@H](C)NC[C@H](O)c3cccc(Cl)c3)cc2)cc1)NC[C@H](O)c1cccc(Cl)c1. The maximum Gasteiger partial charge on any atom is 0.0914 e. The lowest BCUT2D eigenvalue weighted by molar-refractivity contribution is 0.170. The number of hydrogen-bond acceptors (Lipinski definition) is 4. The van der Waals surface area contributed by atoms with E-state index >= 15 is 0 Å². The molecule has 246 valence electrons. The number of rotatable bonds is 19. The van der Waals surface area contributed by atoms with E-state index in [1.807, 2.05) is 48.5 Å². The molecule has 0 bridgehead atoms. The Morgan fingerprint density at radius 3 is 1.26 bits per heavy atom. The molecule has 4 nitrogen and oxygen atoms in total. The Morgan fingerprint density at radius 2 is 0.891 bits per heavy atom. The monoisotopic (exact) mass is 660 g/mol. The Balaban J connectivity index is 1.05. The van der Waals surface area contributed by atoms with Crippen LogP contribution in [-0.4, -0.2) is 35.4 Å². The van der Waals surface area contributed by atoms with Crippen LogP contribution in [0.25, 0.3) is 0 Å². The van der Waals surface area contributed by atoms with Crippen molar-refractivity contribution in [1.82, 2.24) is 10.6 Å². The molecule has 0 amide bonds. The van der Waals surface area contributed by atoms with Gasteiger partial charge in [0.15, 0.2) is 0 Å². The van der Waals surface area contributed by atoms with E-state index in [-0.39, 0.29) is 12.1 Å². The van der Waals surface area contributed by atoms with Crippen molar-refractivity contribution in [3.8, 4) is 0 Å². The van der Waals surface area contributed by atoms with Gasteiger partial charge in [-0.15, -0.1) is 0 Å². The molecule has 4 aromatic carbocycles. The molecule has 0 aliphatic heterocycles. The van der Waals surface area contributed by atoms with Crippen molar-refractivity contribution in [2.24, 2.45) is 0 Å². The van der Waals surface area contributed by atoms with E-state index in [1.165, 1.54) is 47.9 Å². The average Bonchev–Trinajstić information content (AvgIpc) is 3.05. The molecule has 0 aliphatic rings. The highest BCUT2D eigenvalue weighted by Crippen LogP contribution is 2.19. The number of nitrogens with one attached hydrogen (secondary N) is 2. The van der Waals surface area contributed by atoms with Gasteiger partial charge in [-0.1, -0.05) is 109 Å². The van der Waals surface area contributed by atoms with Crippen molar-refractivity contribution in [3.63, 3.8) is 0 Å². The van der Waals surface area contributed by atoms with Gasteiger partial charge in [0.25, 0.3) is 0 Å². The largest absolute Gasteiger partial charge is 0.387 e. The predicted molar refractivity (Wildman–Crippen MR) is 194 cm³/mol. The van der Waals surface area contributed by atoms with Crippen LogP contribution in [0.15, 0.2) is 97.1 Å². The van der Waals surface area contributed by atoms with E-state index in [4.69, 9.17) is 23.2 Å². The molecule has 0 radical (unpaired) electrons. The number of unbranched alkanes of at least 4 members (excludes halogenated alkanes) is 3. The molecule has 4 aromatic rings. The highest BCUT2D eigenvalue weighted by molar-refractivity contribution is 6.30. The summed E-state index contributed by atoms with van der Waals surface area (Å²) in [5, 5.41) is 29.1. The molecule has 0 fully saturated rings. The molecule has 0 heterocycles. The van der Waals surface area contributed by atoms with E-state index in [2.05, 4.69) is 73.0 Å². The maximum atomic E-state index is 10.5. The first-order valence-corrected chi connectivity index (χ1v) is 17.5. The van der Waals surface area contributed by atoms with Crippen LogP contribution >= 0.6 is 23.2 Å². The third-order valence-electron chi connectivity index (χ3n) is 8.60. The second-order valence-electron chi connectivity index (χ2n) is 12.7. The minimum Gasteiger partial charge on any atom is -0.387 e. The summed E-state index contributed by atoms with van der Waals surface area (Å²) >= 11 is 12.1. The highest BCUT2D eigenvalue weighted by atomic mass is 35.5. The fourth-order valence-electron chi connectivity index (χ4n) is 5.84. The van der Waals surface area contributed by atoms with Gasteiger partial charge in [-0.05, 0) is 110 Å². The van der Waals surface area contributed by atoms with Gasteiger partial charge in [0.2, 0.25) is 0 Å². The molecule has 4 atom stereocenters. The predicted octanol–water partition coefficient (Wildman–Crippen LogP) is 8.85. The second-order valence-corrected chi connectivity index (χ2v) is 13.6. The molecule has 0 saturated heterocycles. The number of aliphatic hydroxyl groups excluding tert-OH is 2. The van der Waals surface area contributed by atoms with Gasteiger partial charge in [-0.3, -0.25) is 0 Å². The average molecular weight is 662 g/mol. The highest BCUT2D eigenvalue weighted by Gasteiger charge is 2.12. The van der Waals surface area contributed by atoms with Gasteiger partial charge >= 0.3 is 0 Å².